The third kappa shape index (κ3) is 4.05. The maximum absolute atomic E-state index is 12.8. The molecule has 0 heterocycles. The highest BCUT2D eigenvalue weighted by molar-refractivity contribution is 5.93. The van der Waals surface area contributed by atoms with Gasteiger partial charge in [-0.3, -0.25) is 4.79 Å². The van der Waals surface area contributed by atoms with E-state index in [1.807, 2.05) is 48.5 Å². The van der Waals surface area contributed by atoms with Gasteiger partial charge in [-0.05, 0) is 47.9 Å². The van der Waals surface area contributed by atoms with Gasteiger partial charge in [0.15, 0.2) is 0 Å². The van der Waals surface area contributed by atoms with E-state index in [0.29, 0.717) is 0 Å². The Balaban J connectivity index is 1.45. The molecule has 0 spiro atoms. The van der Waals surface area contributed by atoms with Crippen molar-refractivity contribution in [2.75, 3.05) is 13.2 Å². The summed E-state index contributed by atoms with van der Waals surface area (Å²) in [6, 6.07) is 14.5. The van der Waals surface area contributed by atoms with E-state index in [-0.39, 0.29) is 18.4 Å². The van der Waals surface area contributed by atoms with Gasteiger partial charge in [-0.25, -0.2) is 9.59 Å². The number of carbonyl (C=O) groups is 3. The number of hydrogen-bond acceptors (Lipinski definition) is 5. The number of nitrogens with one attached hydrogen (secondary N) is 2. The van der Waals surface area contributed by atoms with Gasteiger partial charge in [-0.15, -0.1) is 0 Å². The molecule has 1 saturated carbocycles. The second-order valence-corrected chi connectivity index (χ2v) is 8.47. The van der Waals surface area contributed by atoms with Gasteiger partial charge in [0, 0.05) is 5.92 Å². The minimum Gasteiger partial charge on any atom is -0.480 e. The molecule has 0 radical (unpaired) electrons. The number of aliphatic carboxylic acids is 1. The molecular weight excluding hydrogens is 412 g/mol. The largest absolute Gasteiger partial charge is 0.480 e. The molecule has 2 aliphatic rings. The number of benzene rings is 2. The quantitative estimate of drug-likeness (QED) is 0.501. The van der Waals surface area contributed by atoms with E-state index < -0.39 is 36.2 Å². The Labute approximate surface area is 185 Å². The molecular formula is C24H26N2O6. The lowest BCUT2D eigenvalue weighted by atomic mass is 9.94. The number of hydrogen-bond donors (Lipinski definition) is 4. The van der Waals surface area contributed by atoms with Crippen molar-refractivity contribution in [3.63, 3.8) is 0 Å². The van der Waals surface area contributed by atoms with Crippen molar-refractivity contribution in [1.82, 2.24) is 10.6 Å². The molecule has 2 aromatic rings. The molecule has 2 aromatic carbocycles. The lowest BCUT2D eigenvalue weighted by Crippen LogP contribution is -2.61. The van der Waals surface area contributed by atoms with Crippen LogP contribution in [0.4, 0.5) is 4.79 Å². The third-order valence-electron chi connectivity index (χ3n) is 6.36. The zero-order valence-corrected chi connectivity index (χ0v) is 17.7. The van der Waals surface area contributed by atoms with Crippen molar-refractivity contribution in [3.05, 3.63) is 59.7 Å². The normalized spacial score (nSPS) is 17.4. The van der Waals surface area contributed by atoms with E-state index >= 15 is 0 Å². The fraction of sp³-hybridized carbons (Fsp3) is 0.375. The topological polar surface area (TPSA) is 125 Å². The van der Waals surface area contributed by atoms with E-state index in [2.05, 4.69) is 10.6 Å². The van der Waals surface area contributed by atoms with Gasteiger partial charge in [0.25, 0.3) is 0 Å². The Bertz CT molecular complexity index is 1000. The maximum atomic E-state index is 12.8. The van der Waals surface area contributed by atoms with Gasteiger partial charge < -0.3 is 25.6 Å². The molecule has 0 aromatic heterocycles. The average Bonchev–Trinajstić information content (AvgIpc) is 3.59. The number of carboxylic acids is 1. The fourth-order valence-corrected chi connectivity index (χ4v) is 4.35. The van der Waals surface area contributed by atoms with Gasteiger partial charge in [0.2, 0.25) is 5.91 Å². The first kappa shape index (κ1) is 21.8. The molecule has 32 heavy (non-hydrogen) atoms. The molecule has 2 atom stereocenters. The first-order chi connectivity index (χ1) is 15.3. The van der Waals surface area contributed by atoms with Gasteiger partial charge in [-0.1, -0.05) is 48.5 Å². The zero-order valence-electron chi connectivity index (χ0n) is 17.7. The SMILES string of the molecule is CC(NC(=O)OCC1c2ccccc2-c2ccccc21)(C(=O)N[C@H](CO)C(=O)O)C1CC1. The van der Waals surface area contributed by atoms with E-state index in [9.17, 15) is 19.5 Å². The van der Waals surface area contributed by atoms with Crippen molar-refractivity contribution in [2.24, 2.45) is 5.92 Å². The lowest BCUT2D eigenvalue weighted by Gasteiger charge is -2.30. The summed E-state index contributed by atoms with van der Waals surface area (Å²) in [5, 5.41) is 23.3. The van der Waals surface area contributed by atoms with Crippen molar-refractivity contribution in [1.29, 1.82) is 0 Å². The number of alkyl carbamates (subject to hydrolysis) is 1. The Morgan fingerprint density at radius 3 is 2.12 bits per heavy atom. The number of carbonyl (C=O) groups excluding carboxylic acids is 2. The van der Waals surface area contributed by atoms with Crippen LogP contribution in [0.3, 0.4) is 0 Å². The average molecular weight is 438 g/mol. The number of carboxylic acid groups (broad SMARTS) is 1. The van der Waals surface area contributed by atoms with Gasteiger partial charge in [0.05, 0.1) is 6.61 Å². The Morgan fingerprint density at radius 2 is 1.62 bits per heavy atom. The second-order valence-electron chi connectivity index (χ2n) is 8.47. The Hall–Kier alpha value is -3.39. The number of amides is 2. The van der Waals surface area contributed by atoms with E-state index in [1.54, 1.807) is 6.92 Å². The number of fused-ring (bicyclic) bond motifs is 3. The van der Waals surface area contributed by atoms with Crippen molar-refractivity contribution >= 4 is 18.0 Å². The van der Waals surface area contributed by atoms with Gasteiger partial charge >= 0.3 is 12.1 Å². The predicted molar refractivity (Wildman–Crippen MR) is 116 cm³/mol. The minimum absolute atomic E-state index is 0.108. The molecule has 1 fully saturated rings. The predicted octanol–water partition coefficient (Wildman–Crippen LogP) is 2.26. The van der Waals surface area contributed by atoms with Crippen LogP contribution in [-0.2, 0) is 14.3 Å². The monoisotopic (exact) mass is 438 g/mol. The Morgan fingerprint density at radius 1 is 1.06 bits per heavy atom. The molecule has 2 aliphatic carbocycles. The molecule has 8 heteroatoms. The van der Waals surface area contributed by atoms with Crippen LogP contribution in [-0.4, -0.2) is 53.0 Å². The molecule has 4 N–H and O–H groups in total. The summed E-state index contributed by atoms with van der Waals surface area (Å²) in [4.78, 5) is 36.6. The smallest absolute Gasteiger partial charge is 0.408 e. The van der Waals surface area contributed by atoms with Crippen molar-refractivity contribution in [3.8, 4) is 11.1 Å². The first-order valence-electron chi connectivity index (χ1n) is 10.6. The molecule has 168 valence electrons. The van der Waals surface area contributed by atoms with Crippen molar-refractivity contribution < 1.29 is 29.3 Å². The highest BCUT2D eigenvalue weighted by Gasteiger charge is 2.49. The molecule has 0 aliphatic heterocycles. The van der Waals surface area contributed by atoms with Gasteiger partial charge in [0.1, 0.15) is 18.2 Å². The van der Waals surface area contributed by atoms with Crippen LogP contribution in [0.25, 0.3) is 11.1 Å². The van der Waals surface area contributed by atoms with Crippen LogP contribution in [0.5, 0.6) is 0 Å². The zero-order chi connectivity index (χ0) is 22.9. The van der Waals surface area contributed by atoms with E-state index in [4.69, 9.17) is 9.84 Å². The third-order valence-corrected chi connectivity index (χ3v) is 6.36. The summed E-state index contributed by atoms with van der Waals surface area (Å²) in [5.74, 6) is -2.24. The summed E-state index contributed by atoms with van der Waals surface area (Å²) < 4.78 is 5.55. The molecule has 4 rings (SSSR count). The number of ether oxygens (including phenoxy) is 1. The van der Waals surface area contributed by atoms with Gasteiger partial charge in [-0.2, -0.15) is 0 Å². The summed E-state index contributed by atoms with van der Waals surface area (Å²) in [7, 11) is 0. The standard InChI is InChI=1S/C24H26N2O6/c1-24(14-10-11-14,22(30)25-20(12-27)21(28)29)26-23(31)32-13-19-17-8-4-2-6-15(17)16-7-3-5-9-18(16)19/h2-9,14,19-20,27H,10-13H2,1H3,(H,25,30)(H,26,31)(H,28,29)/t20-,24?/m1/s1. The first-order valence-corrected chi connectivity index (χ1v) is 10.6. The molecule has 0 saturated heterocycles. The molecule has 8 nitrogen and oxygen atoms in total. The fourth-order valence-electron chi connectivity index (χ4n) is 4.35. The van der Waals surface area contributed by atoms with Crippen LogP contribution in [0.2, 0.25) is 0 Å². The number of aliphatic hydroxyl groups excluding tert-OH is 1. The molecule has 2 amide bonds. The van der Waals surface area contributed by atoms with E-state index in [1.165, 1.54) is 0 Å². The van der Waals surface area contributed by atoms with Crippen LogP contribution in [0.15, 0.2) is 48.5 Å². The Kier molecular flexibility index (Phi) is 5.88. The van der Waals surface area contributed by atoms with Crippen LogP contribution in [0.1, 0.15) is 36.8 Å². The highest BCUT2D eigenvalue weighted by atomic mass is 16.5. The van der Waals surface area contributed by atoms with Crippen molar-refractivity contribution in [2.45, 2.75) is 37.3 Å². The summed E-state index contributed by atoms with van der Waals surface area (Å²) in [5.41, 5.74) is 3.06. The second kappa shape index (κ2) is 8.63. The van der Waals surface area contributed by atoms with Crippen LogP contribution >= 0.6 is 0 Å². The number of rotatable bonds is 8. The summed E-state index contributed by atoms with van der Waals surface area (Å²) in [6.45, 7) is 0.918. The molecule has 1 unspecified atom stereocenters. The number of aliphatic hydroxyl groups is 1. The minimum atomic E-state index is -1.44. The summed E-state index contributed by atoms with van der Waals surface area (Å²) in [6.07, 6.45) is 0.710. The maximum Gasteiger partial charge on any atom is 0.408 e. The van der Waals surface area contributed by atoms with E-state index in [0.717, 1.165) is 35.1 Å². The summed E-state index contributed by atoms with van der Waals surface area (Å²) >= 11 is 0. The van der Waals surface area contributed by atoms with Crippen LogP contribution < -0.4 is 10.6 Å². The highest BCUT2D eigenvalue weighted by Crippen LogP contribution is 2.44. The van der Waals surface area contributed by atoms with Crippen LogP contribution in [0, 0.1) is 5.92 Å². The molecule has 0 bridgehead atoms. The lowest BCUT2D eigenvalue weighted by molar-refractivity contribution is -0.144.